The van der Waals surface area contributed by atoms with Crippen molar-refractivity contribution in [1.82, 2.24) is 0 Å². The normalized spacial score (nSPS) is 17.2. The SMILES string of the molecule is CCc1cccc2c1C1(c3ccccc3-2)c2ccccc2-c2c1ccc1c2oc2ccccc21.CCc1cccc2c1C1(c3ccccc3-2)c2ccccc2-c2c1ccc1oc3ccccc3c21.CCc1cccc2c1C1(c3ccccc3-c3cc4c(cc31)oc1ccccc14)c1ccccc1-2.CCc1cccc2c1C1(c3ccccc3-c3cc4oc5ccccc5c4cc31)c1ccccc1-2. The first-order chi connectivity index (χ1) is 67.3. The zero-order valence-corrected chi connectivity index (χ0v) is 75.7. The Bertz CT molecular complexity index is 9130. The first-order valence-corrected chi connectivity index (χ1v) is 48.4. The number of rotatable bonds is 4. The van der Waals surface area contributed by atoms with Gasteiger partial charge in [-0.3, -0.25) is 0 Å². The number of benzene rings is 20. The molecular weight excluding hydrogens is 1650 g/mol. The Labute approximate surface area is 787 Å². The molecule has 0 N–H and O–H groups in total. The molecule has 4 nitrogen and oxygen atoms in total. The molecule has 20 aromatic carbocycles. The average Bonchev–Trinajstić information content (AvgIpc) is 1.51. The maximum absolute atomic E-state index is 6.59. The predicted octanol–water partition coefficient (Wildman–Crippen LogP) is 34.0. The molecule has 8 aliphatic rings. The van der Waals surface area contributed by atoms with Crippen LogP contribution in [0.3, 0.4) is 0 Å². The van der Waals surface area contributed by atoms with Crippen molar-refractivity contribution in [3.8, 4) is 89.0 Å². The van der Waals surface area contributed by atoms with Crippen molar-refractivity contribution in [3.63, 3.8) is 0 Å². The van der Waals surface area contributed by atoms with Crippen LogP contribution in [0.15, 0.2) is 430 Å². The summed E-state index contributed by atoms with van der Waals surface area (Å²) in [7, 11) is 0. The van der Waals surface area contributed by atoms with Gasteiger partial charge in [-0.05, 0) is 275 Å². The van der Waals surface area contributed by atoms with Crippen molar-refractivity contribution in [1.29, 1.82) is 0 Å². The molecule has 0 amide bonds. The van der Waals surface area contributed by atoms with Crippen LogP contribution in [0, 0.1) is 0 Å². The minimum Gasteiger partial charge on any atom is -0.456 e. The molecule has 0 saturated carbocycles. The van der Waals surface area contributed by atoms with Crippen LogP contribution in [0.2, 0.25) is 0 Å². The Morgan fingerprint density at radius 1 is 0.162 bits per heavy atom. The summed E-state index contributed by atoms with van der Waals surface area (Å²) in [5, 5.41) is 9.55. The zero-order valence-electron chi connectivity index (χ0n) is 75.7. The molecule has 0 bridgehead atoms. The highest BCUT2D eigenvalue weighted by atomic mass is 16.3. The van der Waals surface area contributed by atoms with E-state index in [1.54, 1.807) is 0 Å². The van der Waals surface area contributed by atoms with Crippen LogP contribution < -0.4 is 0 Å². The van der Waals surface area contributed by atoms with Crippen molar-refractivity contribution in [3.05, 3.63) is 524 Å². The minimum absolute atomic E-state index is 0.309. The number of furan rings is 4. The molecule has 4 aromatic heterocycles. The van der Waals surface area contributed by atoms with E-state index in [1.165, 1.54) is 243 Å². The van der Waals surface area contributed by atoms with E-state index in [1.807, 2.05) is 12.1 Å². The van der Waals surface area contributed by atoms with Crippen molar-refractivity contribution in [2.45, 2.75) is 75.0 Å². The smallest absolute Gasteiger partial charge is 0.143 e. The third kappa shape index (κ3) is 9.72. The lowest BCUT2D eigenvalue weighted by atomic mass is 9.69. The van der Waals surface area contributed by atoms with E-state index in [9.17, 15) is 0 Å². The molecule has 24 aromatic rings. The molecule has 0 aliphatic heterocycles. The van der Waals surface area contributed by atoms with Crippen LogP contribution >= 0.6 is 0 Å². The highest BCUT2D eigenvalue weighted by molar-refractivity contribution is 6.18. The summed E-state index contributed by atoms with van der Waals surface area (Å²) in [6.07, 6.45) is 4.02. The molecule has 4 atom stereocenters. The third-order valence-electron chi connectivity index (χ3n) is 32.3. The van der Waals surface area contributed by atoms with Gasteiger partial charge in [0.15, 0.2) is 0 Å². The van der Waals surface area contributed by atoms with Crippen LogP contribution in [-0.2, 0) is 47.3 Å². The fourth-order valence-corrected chi connectivity index (χ4v) is 27.3. The van der Waals surface area contributed by atoms with E-state index >= 15 is 0 Å². The van der Waals surface area contributed by atoms with Gasteiger partial charge in [0.1, 0.15) is 44.7 Å². The standard InChI is InChI=1S/4C33H22O/c1-2-20-10-9-14-23-21-11-3-6-15-26(21)33(31(20)23)27-16-7-4-13-25(27)30-28(33)19-18-24-22-12-5-8-17-29(22)34-32(24)30;1-2-20-10-9-14-24-21-11-3-6-15-27(21)33(32(20)24)28-16-7-4-12-22(28)25-19-31-26(18-29(25)33)23-13-5-8-17-30(23)34-31;1-2-20-10-9-14-24-21-11-3-6-15-27(21)33(32(20)24)28-16-7-4-12-22(28)25-18-26-23-13-5-8-17-30(23)34-31(26)19-29(25)33;1-2-20-10-9-14-22-21-11-3-6-15-25(21)33(32(20)22)26-16-7-4-12-23(26)30-27(33)18-19-29-31(30)24-13-5-8-17-28(24)34-29/h4*3-19H,2H2,1H3. The largest absolute Gasteiger partial charge is 0.456 e. The van der Waals surface area contributed by atoms with Crippen LogP contribution in [-0.4, -0.2) is 0 Å². The van der Waals surface area contributed by atoms with E-state index in [4.69, 9.17) is 17.7 Å². The second-order valence-electron chi connectivity index (χ2n) is 38.0. The quantitative estimate of drug-likeness (QED) is 0.176. The fraction of sp³-hybridized carbons (Fsp3) is 0.0909. The van der Waals surface area contributed by atoms with Gasteiger partial charge in [0.05, 0.1) is 21.7 Å². The Morgan fingerprint density at radius 2 is 0.441 bits per heavy atom. The van der Waals surface area contributed by atoms with E-state index in [-0.39, 0.29) is 21.7 Å². The van der Waals surface area contributed by atoms with Gasteiger partial charge in [-0.1, -0.05) is 386 Å². The van der Waals surface area contributed by atoms with Gasteiger partial charge in [0.25, 0.3) is 0 Å². The molecule has 32 rings (SSSR count). The van der Waals surface area contributed by atoms with E-state index < -0.39 is 0 Å². The lowest BCUT2D eigenvalue weighted by Crippen LogP contribution is -2.27. The number of hydrogen-bond donors (Lipinski definition) is 0. The Morgan fingerprint density at radius 3 is 0.860 bits per heavy atom. The van der Waals surface area contributed by atoms with Gasteiger partial charge >= 0.3 is 0 Å². The van der Waals surface area contributed by atoms with Crippen molar-refractivity contribution in [2.24, 2.45) is 0 Å². The number of fused-ring (bicyclic) bond motifs is 54. The van der Waals surface area contributed by atoms with Crippen molar-refractivity contribution >= 4 is 87.8 Å². The Hall–Kier alpha value is -16.4. The molecule has 8 aliphatic carbocycles. The van der Waals surface area contributed by atoms with E-state index in [0.29, 0.717) is 0 Å². The maximum atomic E-state index is 6.59. The summed E-state index contributed by atoms with van der Waals surface area (Å²) in [5.74, 6) is 0. The topological polar surface area (TPSA) is 52.6 Å². The molecule has 640 valence electrons. The molecule has 0 fully saturated rings. The fourth-order valence-electron chi connectivity index (χ4n) is 27.3. The zero-order chi connectivity index (χ0) is 89.8. The molecule has 0 saturated heterocycles. The summed E-state index contributed by atoms with van der Waals surface area (Å²) in [4.78, 5) is 0. The van der Waals surface area contributed by atoms with Gasteiger partial charge < -0.3 is 17.7 Å². The Kier molecular flexibility index (Phi) is 16.2. The molecule has 4 unspecified atom stereocenters. The minimum atomic E-state index is -0.322. The van der Waals surface area contributed by atoms with Gasteiger partial charge in [-0.2, -0.15) is 0 Å². The van der Waals surface area contributed by atoms with Gasteiger partial charge in [-0.25, -0.2) is 0 Å². The summed E-state index contributed by atoms with van der Waals surface area (Å²) >= 11 is 0. The van der Waals surface area contributed by atoms with Crippen LogP contribution in [0.4, 0.5) is 0 Å². The number of para-hydroxylation sites is 4. The third-order valence-corrected chi connectivity index (χ3v) is 32.3. The monoisotopic (exact) mass is 1740 g/mol. The summed E-state index contributed by atoms with van der Waals surface area (Å²) in [6.45, 7) is 9.11. The Balaban J connectivity index is 0.0000000879. The average molecular weight is 1740 g/mol. The van der Waals surface area contributed by atoms with Crippen molar-refractivity contribution < 1.29 is 17.7 Å². The molecular formula is C132H88O4. The van der Waals surface area contributed by atoms with Crippen LogP contribution in [0.25, 0.3) is 177 Å². The van der Waals surface area contributed by atoms with Gasteiger partial charge in [0, 0.05) is 48.7 Å². The predicted molar refractivity (Wildman–Crippen MR) is 558 cm³/mol. The first-order valence-electron chi connectivity index (χ1n) is 48.4. The van der Waals surface area contributed by atoms with Crippen LogP contribution in [0.5, 0.6) is 0 Å². The summed E-state index contributed by atoms with van der Waals surface area (Å²) in [6, 6.07) is 152. The highest BCUT2D eigenvalue weighted by Crippen LogP contribution is 2.71. The van der Waals surface area contributed by atoms with E-state index in [2.05, 4.69) is 428 Å². The van der Waals surface area contributed by atoms with Crippen LogP contribution in [0.1, 0.15) is 139 Å². The molecule has 0 radical (unpaired) electrons. The summed E-state index contributed by atoms with van der Waals surface area (Å²) in [5.41, 5.74) is 55.7. The first kappa shape index (κ1) is 77.2. The highest BCUT2D eigenvalue weighted by Gasteiger charge is 2.58. The molecule has 136 heavy (non-hydrogen) atoms. The summed E-state index contributed by atoms with van der Waals surface area (Å²) < 4.78 is 25.7. The lowest BCUT2D eigenvalue weighted by Gasteiger charge is -2.32. The number of hydrogen-bond acceptors (Lipinski definition) is 4. The molecule has 4 heteroatoms. The lowest BCUT2D eigenvalue weighted by molar-refractivity contribution is 0.666. The number of aryl methyl sites for hydroxylation is 4. The second kappa shape index (κ2) is 28.6. The molecule has 4 heterocycles. The second-order valence-corrected chi connectivity index (χ2v) is 38.0. The van der Waals surface area contributed by atoms with E-state index in [0.717, 1.165) is 70.3 Å². The van der Waals surface area contributed by atoms with Gasteiger partial charge in [-0.15, -0.1) is 0 Å². The maximum Gasteiger partial charge on any atom is 0.143 e. The van der Waals surface area contributed by atoms with Crippen molar-refractivity contribution in [2.75, 3.05) is 0 Å². The molecule has 4 spiro atoms. The van der Waals surface area contributed by atoms with Gasteiger partial charge in [0.2, 0.25) is 0 Å².